The van der Waals surface area contributed by atoms with Gasteiger partial charge in [-0.3, -0.25) is 0 Å². The van der Waals surface area contributed by atoms with Crippen LogP contribution in [0.4, 0.5) is 0 Å². The molecule has 0 spiro atoms. The topological polar surface area (TPSA) is 110 Å². The fourth-order valence-electron chi connectivity index (χ4n) is 4.07. The summed E-state index contributed by atoms with van der Waals surface area (Å²) in [6.45, 7) is 3.23. The number of phenols is 1. The highest BCUT2D eigenvalue weighted by Gasteiger charge is 2.45. The molecule has 2 aromatic carbocycles. The van der Waals surface area contributed by atoms with Gasteiger partial charge in [-0.15, -0.1) is 11.3 Å². The molecular formula is C23H26O6S. The minimum atomic E-state index is -1.49. The summed E-state index contributed by atoms with van der Waals surface area (Å²) in [5, 5.41) is 52.1. The summed E-state index contributed by atoms with van der Waals surface area (Å²) >= 11 is 1.71. The Morgan fingerprint density at radius 1 is 0.967 bits per heavy atom. The van der Waals surface area contributed by atoms with Gasteiger partial charge in [0.15, 0.2) is 0 Å². The third-order valence-corrected chi connectivity index (χ3v) is 7.16. The fourth-order valence-corrected chi connectivity index (χ4v) is 5.16. The molecule has 0 bridgehead atoms. The van der Waals surface area contributed by atoms with Gasteiger partial charge < -0.3 is 30.3 Å². The lowest BCUT2D eigenvalue weighted by atomic mass is 9.87. The lowest BCUT2D eigenvalue weighted by Gasteiger charge is -2.40. The average molecular weight is 431 g/mol. The van der Waals surface area contributed by atoms with Crippen molar-refractivity contribution in [1.82, 2.24) is 0 Å². The van der Waals surface area contributed by atoms with Gasteiger partial charge in [-0.2, -0.15) is 0 Å². The molecule has 160 valence electrons. The summed E-state index contributed by atoms with van der Waals surface area (Å²) in [5.41, 5.74) is 2.92. The Labute approximate surface area is 178 Å². The molecule has 5 N–H and O–H groups in total. The molecule has 1 saturated heterocycles. The molecule has 0 saturated carbocycles. The van der Waals surface area contributed by atoms with E-state index in [4.69, 9.17) is 4.74 Å². The van der Waals surface area contributed by atoms with E-state index in [1.807, 2.05) is 19.1 Å². The molecule has 7 heteroatoms. The fraction of sp³-hybridized carbons (Fsp3) is 0.391. The van der Waals surface area contributed by atoms with Crippen LogP contribution in [0.3, 0.4) is 0 Å². The van der Waals surface area contributed by atoms with E-state index in [-0.39, 0.29) is 5.75 Å². The summed E-state index contributed by atoms with van der Waals surface area (Å²) in [6, 6.07) is 12.1. The van der Waals surface area contributed by atoms with Crippen molar-refractivity contribution >= 4 is 21.4 Å². The van der Waals surface area contributed by atoms with Crippen LogP contribution in [0, 0.1) is 13.8 Å². The van der Waals surface area contributed by atoms with Gasteiger partial charge in [-0.05, 0) is 54.1 Å². The summed E-state index contributed by atoms with van der Waals surface area (Å²) < 4.78 is 6.88. The van der Waals surface area contributed by atoms with Gasteiger partial charge in [0.05, 0.1) is 6.61 Å². The molecule has 0 aliphatic carbocycles. The van der Waals surface area contributed by atoms with Crippen LogP contribution in [-0.4, -0.2) is 56.6 Å². The van der Waals surface area contributed by atoms with Crippen molar-refractivity contribution in [3.8, 4) is 5.75 Å². The number of aliphatic hydroxyl groups is 4. The lowest BCUT2D eigenvalue weighted by molar-refractivity contribution is -0.232. The zero-order chi connectivity index (χ0) is 21.6. The Hall–Kier alpha value is -2.00. The highest BCUT2D eigenvalue weighted by Crippen LogP contribution is 2.40. The van der Waals surface area contributed by atoms with Gasteiger partial charge in [0.1, 0.15) is 36.3 Å². The van der Waals surface area contributed by atoms with Crippen molar-refractivity contribution in [3.63, 3.8) is 0 Å². The second kappa shape index (κ2) is 8.26. The summed E-state index contributed by atoms with van der Waals surface area (Å²) in [6.07, 6.45) is -5.81. The van der Waals surface area contributed by atoms with Crippen LogP contribution >= 0.6 is 11.3 Å². The normalized spacial score (nSPS) is 26.9. The van der Waals surface area contributed by atoms with E-state index in [1.165, 1.54) is 15.0 Å². The molecule has 0 amide bonds. The molecule has 5 atom stereocenters. The number of rotatable bonds is 4. The Bertz CT molecular complexity index is 1030. The van der Waals surface area contributed by atoms with Crippen molar-refractivity contribution in [2.45, 2.75) is 50.8 Å². The first-order valence-electron chi connectivity index (χ1n) is 9.91. The van der Waals surface area contributed by atoms with Crippen molar-refractivity contribution < 1.29 is 30.3 Å². The first kappa shape index (κ1) is 21.2. The van der Waals surface area contributed by atoms with Gasteiger partial charge in [0.25, 0.3) is 0 Å². The monoisotopic (exact) mass is 430 g/mol. The van der Waals surface area contributed by atoms with Crippen LogP contribution in [0.5, 0.6) is 5.75 Å². The highest BCUT2D eigenvalue weighted by atomic mass is 32.1. The van der Waals surface area contributed by atoms with Gasteiger partial charge in [0.2, 0.25) is 0 Å². The Balaban J connectivity index is 1.73. The van der Waals surface area contributed by atoms with E-state index in [0.29, 0.717) is 17.5 Å². The van der Waals surface area contributed by atoms with Crippen LogP contribution in [0.1, 0.15) is 33.2 Å². The molecule has 1 aliphatic rings. The molecular weight excluding hydrogens is 404 g/mol. The third-order valence-electron chi connectivity index (χ3n) is 6.04. The van der Waals surface area contributed by atoms with Crippen molar-refractivity contribution in [3.05, 3.63) is 63.5 Å². The average Bonchev–Trinajstić information content (AvgIpc) is 3.15. The molecule has 0 unspecified atom stereocenters. The lowest BCUT2D eigenvalue weighted by Crippen LogP contribution is -2.55. The van der Waals surface area contributed by atoms with E-state index in [1.54, 1.807) is 24.3 Å². The molecule has 2 heterocycles. The molecule has 4 rings (SSSR count). The zero-order valence-electron chi connectivity index (χ0n) is 16.8. The van der Waals surface area contributed by atoms with Crippen LogP contribution in [0.25, 0.3) is 10.1 Å². The van der Waals surface area contributed by atoms with Gasteiger partial charge in [-0.1, -0.05) is 18.2 Å². The van der Waals surface area contributed by atoms with Gasteiger partial charge in [0, 0.05) is 21.6 Å². The van der Waals surface area contributed by atoms with Crippen molar-refractivity contribution in [2.24, 2.45) is 0 Å². The largest absolute Gasteiger partial charge is 0.507 e. The predicted molar refractivity (Wildman–Crippen MR) is 115 cm³/mol. The second-order valence-corrected chi connectivity index (χ2v) is 9.07. The SMILES string of the molecule is Cc1c(Cc2cc3ccccc3s2)cc([C@@H]2O[C@H](CO)[C@@H](O)[C@H](O)[C@H]2O)c(O)c1C. The number of thiophene rings is 1. The third kappa shape index (κ3) is 3.62. The van der Waals surface area contributed by atoms with Crippen molar-refractivity contribution in [2.75, 3.05) is 6.61 Å². The number of phenolic OH excluding ortho intramolecular Hbond substituents is 1. The van der Waals surface area contributed by atoms with E-state index in [2.05, 4.69) is 18.2 Å². The molecule has 1 fully saturated rings. The first-order valence-corrected chi connectivity index (χ1v) is 10.7. The number of hydrogen-bond donors (Lipinski definition) is 5. The smallest absolute Gasteiger partial charge is 0.124 e. The molecule has 6 nitrogen and oxygen atoms in total. The highest BCUT2D eigenvalue weighted by molar-refractivity contribution is 7.19. The number of benzene rings is 2. The van der Waals surface area contributed by atoms with Crippen LogP contribution in [0.15, 0.2) is 36.4 Å². The van der Waals surface area contributed by atoms with Crippen LogP contribution < -0.4 is 0 Å². The first-order chi connectivity index (χ1) is 14.3. The predicted octanol–water partition coefficient (Wildman–Crippen LogP) is 2.33. The van der Waals surface area contributed by atoms with Crippen molar-refractivity contribution in [1.29, 1.82) is 0 Å². The van der Waals surface area contributed by atoms with Gasteiger partial charge in [-0.25, -0.2) is 0 Å². The number of aromatic hydroxyl groups is 1. The molecule has 30 heavy (non-hydrogen) atoms. The molecule has 0 radical (unpaired) electrons. The van der Waals surface area contributed by atoms with Gasteiger partial charge >= 0.3 is 0 Å². The van der Waals surface area contributed by atoms with E-state index >= 15 is 0 Å². The maximum absolute atomic E-state index is 10.8. The van der Waals surface area contributed by atoms with Crippen LogP contribution in [0.2, 0.25) is 0 Å². The quantitative estimate of drug-likeness (QED) is 0.435. The van der Waals surface area contributed by atoms with E-state index in [9.17, 15) is 25.5 Å². The number of aliphatic hydroxyl groups excluding tert-OH is 4. The standard InChI is InChI=1S/C23H26O6S/c1-11-12(2)19(25)16(23-22(28)21(27)20(26)17(10-24)29-23)9-14(11)8-15-7-13-5-3-4-6-18(13)30-15/h3-7,9,17,20-28H,8,10H2,1-2H3/t17-,20-,21+,22-,23+/m1/s1. The minimum absolute atomic E-state index is 0.0167. The zero-order valence-corrected chi connectivity index (χ0v) is 17.6. The number of ether oxygens (including phenoxy) is 1. The second-order valence-electron chi connectivity index (χ2n) is 7.90. The van der Waals surface area contributed by atoms with E-state index in [0.717, 1.165) is 11.1 Å². The molecule has 3 aromatic rings. The summed E-state index contributed by atoms with van der Waals surface area (Å²) in [5.74, 6) is -0.0167. The minimum Gasteiger partial charge on any atom is -0.507 e. The van der Waals surface area contributed by atoms with Crippen LogP contribution in [-0.2, 0) is 11.2 Å². The summed E-state index contributed by atoms with van der Waals surface area (Å²) in [4.78, 5) is 1.17. The Kier molecular flexibility index (Phi) is 5.85. The Morgan fingerprint density at radius 2 is 1.70 bits per heavy atom. The molecule has 1 aromatic heterocycles. The maximum atomic E-state index is 10.8. The maximum Gasteiger partial charge on any atom is 0.124 e. The summed E-state index contributed by atoms with van der Waals surface area (Å²) in [7, 11) is 0. The number of fused-ring (bicyclic) bond motifs is 1. The number of hydrogen-bond acceptors (Lipinski definition) is 7. The Morgan fingerprint density at radius 3 is 2.40 bits per heavy atom. The van der Waals surface area contributed by atoms with E-state index < -0.39 is 37.1 Å². The molecule has 1 aliphatic heterocycles.